The van der Waals surface area contributed by atoms with E-state index in [1.54, 1.807) is 12.1 Å². The first-order valence-corrected chi connectivity index (χ1v) is 3.71. The minimum absolute atomic E-state index is 0.0166. The molecule has 0 saturated heterocycles. The number of fused-ring (bicyclic) bond motifs is 1. The molecule has 3 heteroatoms. The Morgan fingerprint density at radius 2 is 2.17 bits per heavy atom. The van der Waals surface area contributed by atoms with Crippen LogP contribution in [0.15, 0.2) is 24.4 Å². The largest absolute Gasteiger partial charge is 0.506 e. The van der Waals surface area contributed by atoms with E-state index in [1.165, 1.54) is 6.20 Å². The third kappa shape index (κ3) is 0.871. The van der Waals surface area contributed by atoms with Crippen molar-refractivity contribution >= 4 is 10.9 Å². The highest BCUT2D eigenvalue weighted by Gasteiger charge is 2.04. The predicted octanol–water partition coefficient (Wildman–Crippen LogP) is 1.37. The predicted molar refractivity (Wildman–Crippen MR) is 45.9 cm³/mol. The molecule has 0 atom stereocenters. The van der Waals surface area contributed by atoms with Crippen LogP contribution in [-0.4, -0.2) is 15.2 Å². The van der Waals surface area contributed by atoms with Gasteiger partial charge in [-0.2, -0.15) is 0 Å². The number of aromatic amines is 1. The molecule has 62 valence electrons. The molecule has 0 amide bonds. The summed E-state index contributed by atoms with van der Waals surface area (Å²) < 4.78 is 0. The average Bonchev–Trinajstić information content (AvgIpc) is 2.48. The molecule has 1 heterocycles. The van der Waals surface area contributed by atoms with Crippen molar-refractivity contribution in [1.29, 1.82) is 0 Å². The maximum Gasteiger partial charge on any atom is 0.140 e. The van der Waals surface area contributed by atoms with Gasteiger partial charge < -0.3 is 15.2 Å². The summed E-state index contributed by atoms with van der Waals surface area (Å²) >= 11 is 0. The molecule has 2 rings (SSSR count). The Morgan fingerprint density at radius 3 is 2.92 bits per heavy atom. The lowest BCUT2D eigenvalue weighted by molar-refractivity contribution is 0.283. The van der Waals surface area contributed by atoms with Gasteiger partial charge in [0.25, 0.3) is 0 Å². The average molecular weight is 163 g/mol. The van der Waals surface area contributed by atoms with Gasteiger partial charge in [0.05, 0.1) is 12.1 Å². The van der Waals surface area contributed by atoms with Gasteiger partial charge in [-0.1, -0.05) is 12.1 Å². The Balaban J connectivity index is 2.81. The van der Waals surface area contributed by atoms with E-state index < -0.39 is 0 Å². The standard InChI is InChI=1S/C9H9NO2/c11-5-6-2-1-3-7-8(12)4-10-9(6)7/h1-4,10-12H,5H2. The van der Waals surface area contributed by atoms with E-state index >= 15 is 0 Å². The van der Waals surface area contributed by atoms with E-state index in [0.717, 1.165) is 16.5 Å². The Bertz CT molecular complexity index is 406. The van der Waals surface area contributed by atoms with Crippen LogP contribution in [-0.2, 0) is 6.61 Å². The fourth-order valence-corrected chi connectivity index (χ4v) is 1.33. The molecule has 0 radical (unpaired) electrons. The highest BCUT2D eigenvalue weighted by atomic mass is 16.3. The van der Waals surface area contributed by atoms with E-state index in [1.807, 2.05) is 6.07 Å². The van der Waals surface area contributed by atoms with Crippen molar-refractivity contribution in [2.45, 2.75) is 6.61 Å². The molecule has 0 fully saturated rings. The number of nitrogens with one attached hydrogen (secondary N) is 1. The molecule has 0 spiro atoms. The Labute approximate surface area is 69.3 Å². The molecule has 0 aliphatic heterocycles. The summed E-state index contributed by atoms with van der Waals surface area (Å²) in [5.74, 6) is 0.223. The smallest absolute Gasteiger partial charge is 0.140 e. The Morgan fingerprint density at radius 1 is 1.33 bits per heavy atom. The lowest BCUT2D eigenvalue weighted by Gasteiger charge is -1.97. The number of aliphatic hydroxyl groups is 1. The van der Waals surface area contributed by atoms with E-state index in [-0.39, 0.29) is 12.4 Å². The lowest BCUT2D eigenvalue weighted by Crippen LogP contribution is -1.83. The van der Waals surface area contributed by atoms with Crippen molar-refractivity contribution in [1.82, 2.24) is 4.98 Å². The number of benzene rings is 1. The first kappa shape index (κ1) is 7.18. The highest BCUT2D eigenvalue weighted by molar-refractivity contribution is 5.88. The van der Waals surface area contributed by atoms with Gasteiger partial charge >= 0.3 is 0 Å². The summed E-state index contributed by atoms with van der Waals surface area (Å²) in [6.45, 7) is -0.0166. The normalized spacial score (nSPS) is 10.8. The SMILES string of the molecule is OCc1cccc2c(O)c[nH]c12. The lowest BCUT2D eigenvalue weighted by atomic mass is 10.1. The zero-order valence-electron chi connectivity index (χ0n) is 6.41. The highest BCUT2D eigenvalue weighted by Crippen LogP contribution is 2.25. The van der Waals surface area contributed by atoms with E-state index in [2.05, 4.69) is 4.98 Å². The van der Waals surface area contributed by atoms with Crippen molar-refractivity contribution in [3.63, 3.8) is 0 Å². The first-order chi connectivity index (χ1) is 5.83. The third-order valence-corrected chi connectivity index (χ3v) is 1.95. The summed E-state index contributed by atoms with van der Waals surface area (Å²) in [5, 5.41) is 19.0. The molecule has 2 aromatic rings. The number of hydrogen-bond acceptors (Lipinski definition) is 2. The monoisotopic (exact) mass is 163 g/mol. The van der Waals surface area contributed by atoms with Crippen molar-refractivity contribution in [3.05, 3.63) is 30.0 Å². The number of aromatic nitrogens is 1. The Kier molecular flexibility index (Phi) is 1.52. The van der Waals surface area contributed by atoms with Crippen LogP contribution >= 0.6 is 0 Å². The molecular formula is C9H9NO2. The van der Waals surface area contributed by atoms with Gasteiger partial charge in [0.2, 0.25) is 0 Å². The number of H-pyrrole nitrogens is 1. The van der Waals surface area contributed by atoms with Gasteiger partial charge in [0.15, 0.2) is 0 Å². The van der Waals surface area contributed by atoms with E-state index in [9.17, 15) is 5.11 Å². The maximum absolute atomic E-state index is 9.32. The van der Waals surface area contributed by atoms with Crippen LogP contribution in [0.25, 0.3) is 10.9 Å². The van der Waals surface area contributed by atoms with Crippen molar-refractivity contribution < 1.29 is 10.2 Å². The van der Waals surface area contributed by atoms with Crippen LogP contribution in [0.5, 0.6) is 5.75 Å². The van der Waals surface area contributed by atoms with Crippen LogP contribution in [0.1, 0.15) is 5.56 Å². The van der Waals surface area contributed by atoms with Crippen LogP contribution in [0.4, 0.5) is 0 Å². The molecule has 0 unspecified atom stereocenters. The number of aromatic hydroxyl groups is 1. The molecule has 0 aliphatic carbocycles. The number of para-hydroxylation sites is 1. The molecule has 12 heavy (non-hydrogen) atoms. The molecule has 3 N–H and O–H groups in total. The molecule has 1 aromatic heterocycles. The molecule has 1 aromatic carbocycles. The van der Waals surface area contributed by atoms with Gasteiger partial charge in [0.1, 0.15) is 5.75 Å². The summed E-state index contributed by atoms with van der Waals surface area (Å²) in [7, 11) is 0. The van der Waals surface area contributed by atoms with Crippen LogP contribution in [0.2, 0.25) is 0 Å². The van der Waals surface area contributed by atoms with Gasteiger partial charge in [0, 0.05) is 17.1 Å². The number of aliphatic hydroxyl groups excluding tert-OH is 1. The minimum atomic E-state index is -0.0166. The van der Waals surface area contributed by atoms with Crippen LogP contribution in [0, 0.1) is 0 Å². The fraction of sp³-hybridized carbons (Fsp3) is 0.111. The summed E-state index contributed by atoms with van der Waals surface area (Å²) in [6.07, 6.45) is 1.52. The molecule has 0 bridgehead atoms. The zero-order chi connectivity index (χ0) is 8.55. The van der Waals surface area contributed by atoms with Gasteiger partial charge in [-0.3, -0.25) is 0 Å². The van der Waals surface area contributed by atoms with Crippen molar-refractivity contribution in [3.8, 4) is 5.75 Å². The maximum atomic E-state index is 9.32. The number of hydrogen-bond donors (Lipinski definition) is 3. The molecular weight excluding hydrogens is 154 g/mol. The molecule has 0 saturated carbocycles. The minimum Gasteiger partial charge on any atom is -0.506 e. The second-order valence-corrected chi connectivity index (χ2v) is 2.67. The molecule has 3 nitrogen and oxygen atoms in total. The number of rotatable bonds is 1. The van der Waals surface area contributed by atoms with Crippen LogP contribution < -0.4 is 0 Å². The van der Waals surface area contributed by atoms with Gasteiger partial charge in [-0.25, -0.2) is 0 Å². The van der Waals surface area contributed by atoms with Crippen molar-refractivity contribution in [2.24, 2.45) is 0 Å². The van der Waals surface area contributed by atoms with E-state index in [4.69, 9.17) is 5.11 Å². The zero-order valence-corrected chi connectivity index (χ0v) is 6.41. The Hall–Kier alpha value is -1.48. The topological polar surface area (TPSA) is 56.2 Å². The second kappa shape index (κ2) is 2.53. The van der Waals surface area contributed by atoms with E-state index in [0.29, 0.717) is 0 Å². The summed E-state index contributed by atoms with van der Waals surface area (Å²) in [4.78, 5) is 2.90. The van der Waals surface area contributed by atoms with Crippen molar-refractivity contribution in [2.75, 3.05) is 0 Å². The first-order valence-electron chi connectivity index (χ1n) is 3.71. The summed E-state index contributed by atoms with van der Waals surface area (Å²) in [6, 6.07) is 5.43. The van der Waals surface area contributed by atoms with Crippen LogP contribution in [0.3, 0.4) is 0 Å². The molecule has 0 aliphatic rings. The van der Waals surface area contributed by atoms with Gasteiger partial charge in [-0.15, -0.1) is 0 Å². The fourth-order valence-electron chi connectivity index (χ4n) is 1.33. The quantitative estimate of drug-likeness (QED) is 0.594. The summed E-state index contributed by atoms with van der Waals surface area (Å²) in [5.41, 5.74) is 1.60. The third-order valence-electron chi connectivity index (χ3n) is 1.95. The second-order valence-electron chi connectivity index (χ2n) is 2.67. The van der Waals surface area contributed by atoms with Gasteiger partial charge in [-0.05, 0) is 6.07 Å².